The molecule has 1 heterocycles. The lowest BCUT2D eigenvalue weighted by molar-refractivity contribution is -0.128. The molecule has 1 saturated heterocycles. The maximum Gasteiger partial charge on any atom is 0.244 e. The van der Waals surface area contributed by atoms with Gasteiger partial charge in [0, 0.05) is 18.1 Å². The van der Waals surface area contributed by atoms with Crippen molar-refractivity contribution in [2.45, 2.75) is 17.7 Å². The van der Waals surface area contributed by atoms with Gasteiger partial charge in [-0.05, 0) is 25.0 Å². The molecule has 1 aliphatic rings. The van der Waals surface area contributed by atoms with Gasteiger partial charge in [-0.1, -0.05) is 23.2 Å². The number of nitrogens with one attached hydrogen (secondary N) is 1. The minimum atomic E-state index is -3.98. The van der Waals surface area contributed by atoms with Crippen molar-refractivity contribution >= 4 is 44.8 Å². The van der Waals surface area contributed by atoms with Crippen LogP contribution in [0.25, 0.3) is 0 Å². The van der Waals surface area contributed by atoms with E-state index in [-0.39, 0.29) is 33.1 Å². The molecule has 0 saturated carbocycles. The Bertz CT molecular complexity index is 635. The highest BCUT2D eigenvalue weighted by molar-refractivity contribution is 7.89. The molecule has 0 aliphatic carbocycles. The largest absolute Gasteiger partial charge is 0.398 e. The predicted molar refractivity (Wildman–Crippen MR) is 81.9 cm³/mol. The molecule has 1 fully saturated rings. The number of carbonyl (C=O) groups is 1. The Hall–Kier alpha value is -1.02. The van der Waals surface area contributed by atoms with E-state index in [1.807, 2.05) is 0 Å². The summed E-state index contributed by atoms with van der Waals surface area (Å²) in [6.07, 6.45) is 1.88. The van der Waals surface area contributed by atoms with Crippen LogP contribution in [-0.4, -0.2) is 38.9 Å². The molecule has 0 unspecified atom stereocenters. The van der Waals surface area contributed by atoms with Gasteiger partial charge < -0.3 is 10.6 Å². The van der Waals surface area contributed by atoms with Crippen LogP contribution in [0.3, 0.4) is 0 Å². The first-order valence-corrected chi connectivity index (χ1v) is 8.57. The molecule has 9 heteroatoms. The van der Waals surface area contributed by atoms with Crippen LogP contribution in [0.2, 0.25) is 10.0 Å². The third-order valence-electron chi connectivity index (χ3n) is 3.18. The highest BCUT2D eigenvalue weighted by Crippen LogP contribution is 2.30. The number of carbonyl (C=O) groups excluding carboxylic acids is 1. The van der Waals surface area contributed by atoms with E-state index in [4.69, 9.17) is 28.9 Å². The second kappa shape index (κ2) is 6.39. The number of benzene rings is 1. The Balaban J connectivity index is 2.13. The van der Waals surface area contributed by atoms with Gasteiger partial charge in [0.15, 0.2) is 0 Å². The maximum atomic E-state index is 12.2. The molecular weight excluding hydrogens is 337 g/mol. The molecule has 1 aromatic carbocycles. The fourth-order valence-electron chi connectivity index (χ4n) is 2.17. The minimum absolute atomic E-state index is 0.0615. The van der Waals surface area contributed by atoms with Crippen LogP contribution in [0.4, 0.5) is 5.69 Å². The summed E-state index contributed by atoms with van der Waals surface area (Å²) in [6, 6.07) is 2.58. The van der Waals surface area contributed by atoms with Crippen molar-refractivity contribution in [1.29, 1.82) is 0 Å². The summed E-state index contributed by atoms with van der Waals surface area (Å²) in [5.74, 6) is -0.264. The van der Waals surface area contributed by atoms with Crippen LogP contribution in [0.15, 0.2) is 17.0 Å². The number of anilines is 1. The smallest absolute Gasteiger partial charge is 0.244 e. The number of nitrogens with zero attached hydrogens (tertiary/aromatic N) is 1. The molecule has 0 spiro atoms. The summed E-state index contributed by atoms with van der Waals surface area (Å²) >= 11 is 11.6. The Morgan fingerprint density at radius 2 is 1.90 bits per heavy atom. The van der Waals surface area contributed by atoms with Crippen molar-refractivity contribution in [2.24, 2.45) is 0 Å². The van der Waals surface area contributed by atoms with Crippen LogP contribution in [0, 0.1) is 0 Å². The van der Waals surface area contributed by atoms with Crippen molar-refractivity contribution in [3.63, 3.8) is 0 Å². The van der Waals surface area contributed by atoms with Crippen LogP contribution < -0.4 is 10.5 Å². The summed E-state index contributed by atoms with van der Waals surface area (Å²) in [5, 5.41) is 0.158. The zero-order valence-electron chi connectivity index (χ0n) is 11.1. The van der Waals surface area contributed by atoms with Crippen molar-refractivity contribution < 1.29 is 13.2 Å². The first kappa shape index (κ1) is 16.4. The number of sulfonamides is 1. The molecule has 116 valence electrons. The topological polar surface area (TPSA) is 92.5 Å². The molecule has 21 heavy (non-hydrogen) atoms. The average molecular weight is 352 g/mol. The van der Waals surface area contributed by atoms with Gasteiger partial charge in [0.25, 0.3) is 0 Å². The number of likely N-dealkylation sites (tertiary alicyclic amines) is 1. The van der Waals surface area contributed by atoms with Crippen LogP contribution >= 0.6 is 23.2 Å². The van der Waals surface area contributed by atoms with E-state index in [0.717, 1.165) is 12.8 Å². The summed E-state index contributed by atoms with van der Waals surface area (Å²) in [6.45, 7) is 0.996. The average Bonchev–Trinajstić information content (AvgIpc) is 2.88. The molecule has 1 aliphatic heterocycles. The zero-order valence-corrected chi connectivity index (χ0v) is 13.4. The summed E-state index contributed by atoms with van der Waals surface area (Å²) in [7, 11) is -3.98. The Labute approximate surface area is 133 Å². The molecule has 1 aromatic rings. The lowest BCUT2D eigenvalue weighted by Crippen LogP contribution is -2.38. The fraction of sp³-hybridized carbons (Fsp3) is 0.417. The van der Waals surface area contributed by atoms with Crippen LogP contribution in [0.1, 0.15) is 12.8 Å². The number of rotatable bonds is 4. The number of halogens is 2. The van der Waals surface area contributed by atoms with E-state index in [0.29, 0.717) is 13.1 Å². The summed E-state index contributed by atoms with van der Waals surface area (Å²) < 4.78 is 26.7. The molecule has 0 aromatic heterocycles. The Morgan fingerprint density at radius 1 is 1.29 bits per heavy atom. The van der Waals surface area contributed by atoms with Crippen LogP contribution in [0.5, 0.6) is 0 Å². The third-order valence-corrected chi connectivity index (χ3v) is 5.32. The molecular formula is C12H15Cl2N3O3S. The van der Waals surface area contributed by atoms with E-state index >= 15 is 0 Å². The number of nitrogen functional groups attached to an aromatic ring is 1. The lowest BCUT2D eigenvalue weighted by atomic mass is 10.3. The van der Waals surface area contributed by atoms with E-state index in [1.165, 1.54) is 12.1 Å². The number of nitrogens with two attached hydrogens (primary N) is 1. The number of hydrogen-bond donors (Lipinski definition) is 2. The quantitative estimate of drug-likeness (QED) is 0.803. The zero-order chi connectivity index (χ0) is 15.6. The van der Waals surface area contributed by atoms with Gasteiger partial charge in [-0.15, -0.1) is 0 Å². The molecule has 1 amide bonds. The second-order valence-corrected chi connectivity index (χ2v) is 7.27. The van der Waals surface area contributed by atoms with E-state index < -0.39 is 10.0 Å². The molecule has 0 radical (unpaired) electrons. The Kier molecular flexibility index (Phi) is 4.98. The third kappa shape index (κ3) is 3.79. The van der Waals surface area contributed by atoms with Gasteiger partial charge in [0.2, 0.25) is 15.9 Å². The van der Waals surface area contributed by atoms with Gasteiger partial charge in [-0.2, -0.15) is 0 Å². The molecule has 0 atom stereocenters. The van der Waals surface area contributed by atoms with Crippen LogP contribution in [-0.2, 0) is 14.8 Å². The first-order valence-electron chi connectivity index (χ1n) is 6.33. The van der Waals surface area contributed by atoms with Crippen molar-refractivity contribution in [3.8, 4) is 0 Å². The highest BCUT2D eigenvalue weighted by atomic mass is 35.5. The molecule has 6 nitrogen and oxygen atoms in total. The Morgan fingerprint density at radius 3 is 2.48 bits per heavy atom. The minimum Gasteiger partial charge on any atom is -0.398 e. The maximum absolute atomic E-state index is 12.2. The van der Waals surface area contributed by atoms with Gasteiger partial charge in [-0.3, -0.25) is 4.79 Å². The number of amides is 1. The SMILES string of the molecule is Nc1cc(Cl)cc(Cl)c1S(=O)(=O)NCC(=O)N1CCCC1. The molecule has 2 rings (SSSR count). The monoisotopic (exact) mass is 351 g/mol. The predicted octanol–water partition coefficient (Wildman–Crippen LogP) is 1.48. The fourth-order valence-corrected chi connectivity index (χ4v) is 4.13. The van der Waals surface area contributed by atoms with Gasteiger partial charge in [-0.25, -0.2) is 13.1 Å². The van der Waals surface area contributed by atoms with E-state index in [9.17, 15) is 13.2 Å². The summed E-state index contributed by atoms with van der Waals surface area (Å²) in [5.41, 5.74) is 5.59. The van der Waals surface area contributed by atoms with Crippen molar-refractivity contribution in [1.82, 2.24) is 9.62 Å². The van der Waals surface area contributed by atoms with Crippen molar-refractivity contribution in [3.05, 3.63) is 22.2 Å². The normalized spacial score (nSPS) is 15.4. The standard InChI is InChI=1S/C12H15Cl2N3O3S/c13-8-5-9(14)12(10(15)6-8)21(19,20)16-7-11(18)17-3-1-2-4-17/h5-6,16H,1-4,7,15H2. The van der Waals surface area contributed by atoms with E-state index in [2.05, 4.69) is 4.72 Å². The molecule has 0 bridgehead atoms. The molecule has 3 N–H and O–H groups in total. The first-order chi connectivity index (χ1) is 9.81. The highest BCUT2D eigenvalue weighted by Gasteiger charge is 2.24. The second-order valence-electron chi connectivity index (χ2n) is 4.72. The van der Waals surface area contributed by atoms with Gasteiger partial charge in [0.1, 0.15) is 4.90 Å². The summed E-state index contributed by atoms with van der Waals surface area (Å²) in [4.78, 5) is 13.2. The van der Waals surface area contributed by atoms with E-state index in [1.54, 1.807) is 4.90 Å². The lowest BCUT2D eigenvalue weighted by Gasteiger charge is -2.16. The van der Waals surface area contributed by atoms with Gasteiger partial charge in [0.05, 0.1) is 17.3 Å². The number of hydrogen-bond acceptors (Lipinski definition) is 4. The van der Waals surface area contributed by atoms with Gasteiger partial charge >= 0.3 is 0 Å². The van der Waals surface area contributed by atoms with Crippen molar-refractivity contribution in [2.75, 3.05) is 25.4 Å².